The summed E-state index contributed by atoms with van der Waals surface area (Å²) in [6, 6.07) is 4.66. The van der Waals surface area contributed by atoms with Gasteiger partial charge in [0.05, 0.1) is 0 Å². The quantitative estimate of drug-likeness (QED) is 0.538. The zero-order valence-corrected chi connectivity index (χ0v) is 4.06. The lowest BCUT2D eigenvalue weighted by Crippen LogP contribution is -1.50. The smallest absolute Gasteiger partial charge is 0.205 e. The summed E-state index contributed by atoms with van der Waals surface area (Å²) in [5.74, 6) is 0. The molecule has 2 heterocycles. The van der Waals surface area contributed by atoms with Crippen molar-refractivity contribution < 1.29 is 4.42 Å². The van der Waals surface area contributed by atoms with E-state index >= 15 is 0 Å². The van der Waals surface area contributed by atoms with E-state index in [1.54, 1.807) is 6.20 Å². The maximum absolute atomic E-state index is 4.82. The van der Waals surface area contributed by atoms with Crippen LogP contribution in [0.15, 0.2) is 16.7 Å². The van der Waals surface area contributed by atoms with E-state index in [1.165, 1.54) is 0 Å². The van der Waals surface area contributed by atoms with Gasteiger partial charge in [0, 0.05) is 17.6 Å². The van der Waals surface area contributed by atoms with E-state index in [-0.39, 0.29) is 0 Å². The first-order valence-electron chi connectivity index (χ1n) is 2.32. The Morgan fingerprint density at radius 2 is 2.62 bits per heavy atom. The summed E-state index contributed by atoms with van der Waals surface area (Å²) in [7, 11) is 0. The summed E-state index contributed by atoms with van der Waals surface area (Å²) in [6.07, 6.45) is 4.29. The lowest BCUT2D eigenvalue weighted by Gasteiger charge is -1.67. The molecule has 0 saturated carbocycles. The second-order valence-corrected chi connectivity index (χ2v) is 1.55. The van der Waals surface area contributed by atoms with Gasteiger partial charge in [-0.15, -0.1) is 0 Å². The van der Waals surface area contributed by atoms with Gasteiger partial charge in [-0.3, -0.25) is 0 Å². The molecule has 2 radical (unpaired) electrons. The van der Waals surface area contributed by atoms with Crippen LogP contribution in [0, 0.1) is 12.3 Å². The number of fused-ring (bicyclic) bond motifs is 1. The molecule has 0 unspecified atom stereocenters. The lowest BCUT2D eigenvalue weighted by atomic mass is 10.4. The Hall–Kier alpha value is -1.18. The first-order valence-corrected chi connectivity index (χ1v) is 2.32. The van der Waals surface area contributed by atoms with Crippen molar-refractivity contribution in [3.05, 3.63) is 24.6 Å². The van der Waals surface area contributed by atoms with Gasteiger partial charge in [0.2, 0.25) is 5.71 Å². The molecule has 0 atom stereocenters. The van der Waals surface area contributed by atoms with Gasteiger partial charge in [0.1, 0.15) is 0 Å². The third kappa shape index (κ3) is 0.320. The van der Waals surface area contributed by atoms with Crippen molar-refractivity contribution in [2.24, 2.45) is 0 Å². The summed E-state index contributed by atoms with van der Waals surface area (Å²) in [5, 5.41) is 0.949. The van der Waals surface area contributed by atoms with Gasteiger partial charge in [-0.1, -0.05) is 0 Å². The number of aromatic amines is 1. The minimum atomic E-state index is 0.741. The molecule has 0 aromatic carbocycles. The van der Waals surface area contributed by atoms with E-state index in [1.807, 2.05) is 6.07 Å². The van der Waals surface area contributed by atoms with Crippen molar-refractivity contribution in [2.45, 2.75) is 0 Å². The van der Waals surface area contributed by atoms with Crippen LogP contribution >= 0.6 is 0 Å². The highest BCUT2D eigenvalue weighted by atomic mass is 16.3. The number of furan rings is 1. The largest absolute Gasteiger partial charge is 0.436 e. The number of rotatable bonds is 0. The fraction of sp³-hybridized carbons (Fsp3) is 0. The van der Waals surface area contributed by atoms with Crippen LogP contribution < -0.4 is 0 Å². The predicted molar refractivity (Wildman–Crippen MR) is 28.2 cm³/mol. The molecular formula is C6H3NO. The molecule has 2 nitrogen and oxygen atoms in total. The van der Waals surface area contributed by atoms with Crippen molar-refractivity contribution >= 4 is 11.1 Å². The van der Waals surface area contributed by atoms with Crippen molar-refractivity contribution in [3.8, 4) is 0 Å². The Balaban J connectivity index is 3.06. The van der Waals surface area contributed by atoms with E-state index in [0.717, 1.165) is 11.1 Å². The van der Waals surface area contributed by atoms with Gasteiger partial charge < -0.3 is 9.40 Å². The van der Waals surface area contributed by atoms with Crippen LogP contribution in [0.1, 0.15) is 0 Å². The van der Waals surface area contributed by atoms with Gasteiger partial charge in [-0.05, 0) is 6.07 Å². The Kier molecular flexibility index (Phi) is 0.545. The van der Waals surface area contributed by atoms with Gasteiger partial charge in [0.25, 0.3) is 0 Å². The standard InChI is InChI=1S/C6H3NO/c1-3-7-6-5(1)2-4-8-6/h1,3,7H. The SMILES string of the molecule is [c]1[c]c2cc[nH]c2o1. The molecule has 0 aliphatic heterocycles. The monoisotopic (exact) mass is 105 g/mol. The van der Waals surface area contributed by atoms with Crippen molar-refractivity contribution in [3.63, 3.8) is 0 Å². The number of hydrogen-bond acceptors (Lipinski definition) is 1. The third-order valence-electron chi connectivity index (χ3n) is 1.05. The zero-order chi connectivity index (χ0) is 5.40. The zero-order valence-electron chi connectivity index (χ0n) is 4.06. The first-order chi connectivity index (χ1) is 3.97. The van der Waals surface area contributed by atoms with E-state index < -0.39 is 0 Å². The summed E-state index contributed by atoms with van der Waals surface area (Å²) in [6.45, 7) is 0. The number of nitrogens with one attached hydrogen (secondary N) is 1. The maximum Gasteiger partial charge on any atom is 0.205 e. The highest BCUT2D eigenvalue weighted by molar-refractivity contribution is 5.72. The molecule has 2 heteroatoms. The van der Waals surface area contributed by atoms with Crippen molar-refractivity contribution in [1.29, 1.82) is 0 Å². The highest BCUT2D eigenvalue weighted by Gasteiger charge is 1.93. The van der Waals surface area contributed by atoms with Crippen LogP contribution in [-0.2, 0) is 0 Å². The van der Waals surface area contributed by atoms with Crippen molar-refractivity contribution in [2.75, 3.05) is 0 Å². The fourth-order valence-electron chi connectivity index (χ4n) is 0.669. The maximum atomic E-state index is 4.82. The average Bonchev–Trinajstić information content (AvgIpc) is 2.15. The molecular weight excluding hydrogens is 102 g/mol. The van der Waals surface area contributed by atoms with E-state index in [2.05, 4.69) is 17.3 Å². The topological polar surface area (TPSA) is 28.9 Å². The summed E-state index contributed by atoms with van der Waals surface area (Å²) < 4.78 is 4.82. The Labute approximate surface area is 46.1 Å². The van der Waals surface area contributed by atoms with Crippen LogP contribution in [0.4, 0.5) is 0 Å². The average molecular weight is 105 g/mol. The molecule has 8 heavy (non-hydrogen) atoms. The second kappa shape index (κ2) is 1.15. The van der Waals surface area contributed by atoms with Crippen LogP contribution in [0.3, 0.4) is 0 Å². The third-order valence-corrected chi connectivity index (χ3v) is 1.05. The molecule has 0 aliphatic carbocycles. The predicted octanol–water partition coefficient (Wildman–Crippen LogP) is 1.36. The lowest BCUT2D eigenvalue weighted by molar-refractivity contribution is 0.594. The molecule has 1 N–H and O–H groups in total. The van der Waals surface area contributed by atoms with Crippen molar-refractivity contribution in [1.82, 2.24) is 4.98 Å². The van der Waals surface area contributed by atoms with Crippen LogP contribution in [0.2, 0.25) is 0 Å². The van der Waals surface area contributed by atoms with Crippen LogP contribution in [-0.4, -0.2) is 4.98 Å². The molecule has 0 amide bonds. The van der Waals surface area contributed by atoms with Gasteiger partial charge in [-0.25, -0.2) is 0 Å². The fourth-order valence-corrected chi connectivity index (χ4v) is 0.669. The summed E-state index contributed by atoms with van der Waals surface area (Å²) in [5.41, 5.74) is 0.741. The van der Waals surface area contributed by atoms with Gasteiger partial charge in [-0.2, -0.15) is 0 Å². The Morgan fingerprint density at radius 3 is 3.50 bits per heavy atom. The summed E-state index contributed by atoms with van der Waals surface area (Å²) >= 11 is 0. The van der Waals surface area contributed by atoms with Gasteiger partial charge in [0.15, 0.2) is 6.26 Å². The number of aromatic nitrogens is 1. The molecule has 38 valence electrons. The highest BCUT2D eigenvalue weighted by Crippen LogP contribution is 2.09. The minimum Gasteiger partial charge on any atom is -0.436 e. The van der Waals surface area contributed by atoms with Crippen LogP contribution in [0.5, 0.6) is 0 Å². The molecule has 0 saturated heterocycles. The molecule has 0 spiro atoms. The first kappa shape index (κ1) is 3.78. The van der Waals surface area contributed by atoms with E-state index in [4.69, 9.17) is 4.42 Å². The molecule has 2 aromatic heterocycles. The number of H-pyrrole nitrogens is 1. The molecule has 0 bridgehead atoms. The van der Waals surface area contributed by atoms with Crippen LogP contribution in [0.25, 0.3) is 11.1 Å². The Bertz CT molecular complexity index is 230. The van der Waals surface area contributed by atoms with E-state index in [9.17, 15) is 0 Å². The van der Waals surface area contributed by atoms with Gasteiger partial charge >= 0.3 is 0 Å². The Morgan fingerprint density at radius 1 is 1.62 bits per heavy atom. The minimum absolute atomic E-state index is 0.741. The molecule has 2 rings (SSSR count). The number of hydrogen-bond donors (Lipinski definition) is 1. The normalized spacial score (nSPS) is 10.5. The second-order valence-electron chi connectivity index (χ2n) is 1.55. The molecule has 2 aromatic rings. The molecule has 0 fully saturated rings. The molecule has 0 aliphatic rings. The summed E-state index contributed by atoms with van der Waals surface area (Å²) in [4.78, 5) is 2.87. The van der Waals surface area contributed by atoms with E-state index in [0.29, 0.717) is 0 Å².